The Hall–Kier alpha value is -5.92. The van der Waals surface area contributed by atoms with Crippen LogP contribution in [0.1, 0.15) is 43.2 Å². The smallest absolute Gasteiger partial charge is 0.191 e. The summed E-state index contributed by atoms with van der Waals surface area (Å²) in [5, 5.41) is 12.9. The molecule has 0 amide bonds. The van der Waals surface area contributed by atoms with Crippen LogP contribution < -0.4 is 4.74 Å². The van der Waals surface area contributed by atoms with Crippen LogP contribution in [0.4, 0.5) is 5.69 Å². The van der Waals surface area contributed by atoms with E-state index in [1.54, 1.807) is 6.07 Å². The van der Waals surface area contributed by atoms with Gasteiger partial charge in [0, 0.05) is 41.2 Å². The maximum Gasteiger partial charge on any atom is 0.191 e. The molecule has 7 nitrogen and oxygen atoms in total. The molecule has 0 atom stereocenters. The van der Waals surface area contributed by atoms with Crippen LogP contribution in [0.5, 0.6) is 11.5 Å². The molecule has 0 unspecified atom stereocenters. The highest BCUT2D eigenvalue weighted by Gasteiger charge is 2.19. The summed E-state index contributed by atoms with van der Waals surface area (Å²) in [7, 11) is 2.05. The van der Waals surface area contributed by atoms with Crippen LogP contribution in [0.15, 0.2) is 85.2 Å². The van der Waals surface area contributed by atoms with Gasteiger partial charge in [-0.05, 0) is 96.6 Å². The number of benzene rings is 3. The third kappa shape index (κ3) is 4.74. The first-order chi connectivity index (χ1) is 22.0. The van der Waals surface area contributed by atoms with Gasteiger partial charge in [-0.25, -0.2) is 9.83 Å². The van der Waals surface area contributed by atoms with Gasteiger partial charge in [0.05, 0.1) is 46.6 Å². The van der Waals surface area contributed by atoms with Gasteiger partial charge in [0.15, 0.2) is 5.69 Å². The predicted molar refractivity (Wildman–Crippen MR) is 184 cm³/mol. The lowest BCUT2D eigenvalue weighted by atomic mass is 9.88. The average molecular weight is 601 g/mol. The average Bonchev–Trinajstić information content (AvgIpc) is 3.49. The van der Waals surface area contributed by atoms with E-state index in [2.05, 4.69) is 66.8 Å². The maximum absolute atomic E-state index is 9.70. The minimum absolute atomic E-state index is 0.0639. The number of pyridine rings is 2. The molecule has 0 aliphatic carbocycles. The molecule has 0 radical (unpaired) electrons. The molecular formula is C39H32N6O. The summed E-state index contributed by atoms with van der Waals surface area (Å²) in [6, 6.07) is 25.8. The molecule has 0 spiro atoms. The van der Waals surface area contributed by atoms with E-state index in [4.69, 9.17) is 21.3 Å². The third-order valence-corrected chi connectivity index (χ3v) is 8.95. The quantitative estimate of drug-likeness (QED) is 0.189. The molecule has 0 aliphatic heterocycles. The molecule has 4 aromatic heterocycles. The minimum Gasteiger partial charge on any atom is -0.459 e. The molecule has 7 aromatic rings. The van der Waals surface area contributed by atoms with E-state index in [1.807, 2.05) is 74.0 Å². The summed E-state index contributed by atoms with van der Waals surface area (Å²) in [5.74, 6) is 1.94. The van der Waals surface area contributed by atoms with Crippen LogP contribution in [0, 0.1) is 31.8 Å². The molecule has 0 bridgehead atoms. The Morgan fingerprint density at radius 2 is 1.59 bits per heavy atom. The van der Waals surface area contributed by atoms with Crippen LogP contribution in [-0.4, -0.2) is 19.1 Å². The van der Waals surface area contributed by atoms with Gasteiger partial charge in [-0.1, -0.05) is 26.8 Å². The number of nitrogens with zero attached hydrogens (tertiary/aromatic N) is 6. The van der Waals surface area contributed by atoms with Gasteiger partial charge >= 0.3 is 0 Å². The second kappa shape index (κ2) is 10.6. The first kappa shape index (κ1) is 28.8. The van der Waals surface area contributed by atoms with E-state index in [1.165, 1.54) is 11.3 Å². The number of hydrogen-bond acceptors (Lipinski definition) is 4. The Kier molecular flexibility index (Phi) is 6.65. The van der Waals surface area contributed by atoms with E-state index in [9.17, 15) is 5.26 Å². The highest BCUT2D eigenvalue weighted by atomic mass is 16.5. The Labute approximate surface area is 267 Å². The fourth-order valence-corrected chi connectivity index (χ4v) is 6.18. The molecule has 224 valence electrons. The van der Waals surface area contributed by atoms with Crippen molar-refractivity contribution in [2.24, 2.45) is 7.05 Å². The monoisotopic (exact) mass is 600 g/mol. The lowest BCUT2D eigenvalue weighted by Crippen LogP contribution is -2.12. The van der Waals surface area contributed by atoms with Crippen molar-refractivity contribution in [3.63, 3.8) is 0 Å². The van der Waals surface area contributed by atoms with Crippen molar-refractivity contribution in [1.82, 2.24) is 19.1 Å². The third-order valence-electron chi connectivity index (χ3n) is 8.95. The summed E-state index contributed by atoms with van der Waals surface area (Å²) >= 11 is 0. The first-order valence-corrected chi connectivity index (χ1v) is 15.1. The molecule has 0 fully saturated rings. The number of hydrogen-bond donors (Lipinski definition) is 0. The fourth-order valence-electron chi connectivity index (χ4n) is 6.18. The van der Waals surface area contributed by atoms with Crippen molar-refractivity contribution in [3.8, 4) is 34.6 Å². The van der Waals surface area contributed by atoms with Gasteiger partial charge in [0.25, 0.3) is 0 Å². The molecular weight excluding hydrogens is 568 g/mol. The van der Waals surface area contributed by atoms with Crippen molar-refractivity contribution in [3.05, 3.63) is 119 Å². The molecule has 0 N–H and O–H groups in total. The largest absolute Gasteiger partial charge is 0.459 e. The summed E-state index contributed by atoms with van der Waals surface area (Å²) in [6.07, 6.45) is 3.73. The summed E-state index contributed by atoms with van der Waals surface area (Å²) in [5.41, 5.74) is 9.03. The van der Waals surface area contributed by atoms with Gasteiger partial charge in [-0.3, -0.25) is 9.55 Å². The van der Waals surface area contributed by atoms with E-state index in [0.29, 0.717) is 22.7 Å². The second-order valence-electron chi connectivity index (χ2n) is 12.8. The van der Waals surface area contributed by atoms with Gasteiger partial charge in [0.2, 0.25) is 0 Å². The summed E-state index contributed by atoms with van der Waals surface area (Å²) in [6.45, 7) is 18.5. The minimum atomic E-state index is -0.0639. The Bertz CT molecular complexity index is 2440. The summed E-state index contributed by atoms with van der Waals surface area (Å²) in [4.78, 5) is 13.3. The van der Waals surface area contributed by atoms with Crippen LogP contribution in [-0.2, 0) is 12.5 Å². The molecule has 0 saturated heterocycles. The van der Waals surface area contributed by atoms with Crippen LogP contribution in [0.3, 0.4) is 0 Å². The number of aromatic nitrogens is 4. The maximum atomic E-state index is 9.70. The zero-order valence-electron chi connectivity index (χ0n) is 26.7. The number of aryl methyl sites for hydroxylation is 2. The highest BCUT2D eigenvalue weighted by Crippen LogP contribution is 2.38. The Morgan fingerprint density at radius 1 is 0.826 bits per heavy atom. The van der Waals surface area contributed by atoms with Gasteiger partial charge < -0.3 is 9.30 Å². The Balaban J connectivity index is 1.36. The van der Waals surface area contributed by atoms with Crippen molar-refractivity contribution < 1.29 is 4.74 Å². The lowest BCUT2D eigenvalue weighted by Gasteiger charge is -2.20. The number of nitriles is 1. The topological polar surface area (TPSA) is 73.0 Å². The van der Waals surface area contributed by atoms with Crippen molar-refractivity contribution in [2.45, 2.75) is 40.0 Å². The molecule has 3 aromatic carbocycles. The van der Waals surface area contributed by atoms with Gasteiger partial charge in [0.1, 0.15) is 17.3 Å². The number of fused-ring (bicyclic) bond motifs is 4. The molecule has 0 aliphatic rings. The SMILES string of the molecule is [C-]#[N+]c1cc(Oc2ccc3c4ccc(C#N)cc4n(-c4cc(C(C)(C)C)ccn4)c3c2)cc(-c2cc3c(C)c(C)n(C)c3cn2)c1. The normalized spacial score (nSPS) is 11.7. The van der Waals surface area contributed by atoms with Gasteiger partial charge in [-0.15, -0.1) is 0 Å². The fraction of sp³-hybridized carbons (Fsp3) is 0.179. The van der Waals surface area contributed by atoms with Crippen molar-refractivity contribution in [2.75, 3.05) is 0 Å². The Morgan fingerprint density at radius 3 is 2.33 bits per heavy atom. The van der Waals surface area contributed by atoms with E-state index >= 15 is 0 Å². The molecule has 4 heterocycles. The van der Waals surface area contributed by atoms with Crippen molar-refractivity contribution in [1.29, 1.82) is 5.26 Å². The van der Waals surface area contributed by atoms with Gasteiger partial charge in [-0.2, -0.15) is 5.26 Å². The zero-order chi connectivity index (χ0) is 32.3. The number of ether oxygens (including phenoxy) is 1. The summed E-state index contributed by atoms with van der Waals surface area (Å²) < 4.78 is 10.7. The second-order valence-corrected chi connectivity index (χ2v) is 12.8. The predicted octanol–water partition coefficient (Wildman–Crippen LogP) is 9.86. The zero-order valence-corrected chi connectivity index (χ0v) is 26.7. The standard InChI is InChI=1S/C39H32N6O/c1-23-24(2)44(7)37-22-43-34(20-33(23)37)26-15-28(41-6)18-30(16-26)46-29-9-11-32-31-10-8-25(21-40)14-35(31)45(36(32)19-29)38-17-27(12-13-42-38)39(3,4)5/h8-20,22H,1-5,7H3. The molecule has 0 saturated carbocycles. The molecule has 7 heteroatoms. The molecule has 7 rings (SSSR count). The van der Waals surface area contributed by atoms with Crippen LogP contribution in [0.25, 0.3) is 54.6 Å². The van der Waals surface area contributed by atoms with E-state index in [-0.39, 0.29) is 5.41 Å². The lowest BCUT2D eigenvalue weighted by molar-refractivity contribution is 0.484. The molecule has 46 heavy (non-hydrogen) atoms. The number of rotatable bonds is 4. The highest BCUT2D eigenvalue weighted by molar-refractivity contribution is 6.09. The van der Waals surface area contributed by atoms with E-state index < -0.39 is 0 Å². The first-order valence-electron chi connectivity index (χ1n) is 15.1. The van der Waals surface area contributed by atoms with E-state index in [0.717, 1.165) is 55.3 Å². The van der Waals surface area contributed by atoms with Crippen LogP contribution in [0.2, 0.25) is 0 Å². The van der Waals surface area contributed by atoms with Crippen molar-refractivity contribution >= 4 is 38.4 Å². The van der Waals surface area contributed by atoms with Crippen LogP contribution >= 0.6 is 0 Å².